The molecule has 0 unspecified atom stereocenters. The molecule has 6 heteroatoms. The molecule has 6 nitrogen and oxygen atoms in total. The molecule has 0 bridgehead atoms. The fourth-order valence-electron chi connectivity index (χ4n) is 2.69. The molecular weight excluding hydrogens is 318 g/mol. The van der Waals surface area contributed by atoms with E-state index < -0.39 is 0 Å². The number of nitrogens with zero attached hydrogens (tertiary/aromatic N) is 2. The van der Waals surface area contributed by atoms with Crippen LogP contribution in [0.2, 0.25) is 0 Å². The van der Waals surface area contributed by atoms with Gasteiger partial charge in [-0.3, -0.25) is 4.79 Å². The van der Waals surface area contributed by atoms with Crippen molar-refractivity contribution in [1.82, 2.24) is 9.78 Å². The highest BCUT2D eigenvalue weighted by Gasteiger charge is 2.22. The third-order valence-electron chi connectivity index (χ3n) is 3.89. The molecular formula is C19H17N3O3. The standard InChI is InChI=1S/C19H17N3O3/c23-18(15-13-20-22-11-6-12-24-19(15)22)21-16-9-4-5-10-17(16)25-14-7-2-1-3-8-14/h1-5,7-10,13H,6,11-12H2,(H,21,23). The van der Waals surface area contributed by atoms with Crippen LogP contribution in [-0.2, 0) is 6.54 Å². The highest BCUT2D eigenvalue weighted by molar-refractivity contribution is 6.06. The van der Waals surface area contributed by atoms with Gasteiger partial charge in [-0.15, -0.1) is 0 Å². The van der Waals surface area contributed by atoms with E-state index in [-0.39, 0.29) is 5.91 Å². The van der Waals surface area contributed by atoms with E-state index in [1.165, 1.54) is 6.20 Å². The maximum absolute atomic E-state index is 12.7. The smallest absolute Gasteiger partial charge is 0.262 e. The zero-order chi connectivity index (χ0) is 17.1. The number of para-hydroxylation sites is 3. The van der Waals surface area contributed by atoms with E-state index in [1.807, 2.05) is 48.5 Å². The van der Waals surface area contributed by atoms with Crippen molar-refractivity contribution < 1.29 is 14.3 Å². The van der Waals surface area contributed by atoms with E-state index in [4.69, 9.17) is 9.47 Å². The molecule has 0 spiro atoms. The lowest BCUT2D eigenvalue weighted by Crippen LogP contribution is -2.18. The predicted octanol–water partition coefficient (Wildman–Crippen LogP) is 3.71. The first kappa shape index (κ1) is 15.3. The zero-order valence-electron chi connectivity index (χ0n) is 13.5. The molecule has 1 N–H and O–H groups in total. The molecule has 0 radical (unpaired) electrons. The number of carbonyl (C=O) groups is 1. The number of benzene rings is 2. The van der Waals surface area contributed by atoms with E-state index in [1.54, 1.807) is 10.7 Å². The monoisotopic (exact) mass is 335 g/mol. The van der Waals surface area contributed by atoms with E-state index in [2.05, 4.69) is 10.4 Å². The molecule has 1 aromatic heterocycles. The highest BCUT2D eigenvalue weighted by atomic mass is 16.5. The summed E-state index contributed by atoms with van der Waals surface area (Å²) in [6, 6.07) is 16.8. The number of ether oxygens (including phenoxy) is 2. The summed E-state index contributed by atoms with van der Waals surface area (Å²) in [5.74, 6) is 1.52. The summed E-state index contributed by atoms with van der Waals surface area (Å²) >= 11 is 0. The van der Waals surface area contributed by atoms with E-state index in [0.717, 1.165) is 13.0 Å². The molecule has 25 heavy (non-hydrogen) atoms. The van der Waals surface area contributed by atoms with Gasteiger partial charge in [0.25, 0.3) is 5.91 Å². The van der Waals surface area contributed by atoms with Gasteiger partial charge in [0.15, 0.2) is 5.75 Å². The Morgan fingerprint density at radius 3 is 2.80 bits per heavy atom. The van der Waals surface area contributed by atoms with Crippen LogP contribution in [0, 0.1) is 0 Å². The van der Waals surface area contributed by atoms with E-state index >= 15 is 0 Å². The van der Waals surface area contributed by atoms with Crippen molar-refractivity contribution in [3.8, 4) is 17.4 Å². The van der Waals surface area contributed by atoms with Crippen LogP contribution in [-0.4, -0.2) is 22.3 Å². The second-order valence-corrected chi connectivity index (χ2v) is 5.65. The van der Waals surface area contributed by atoms with Crippen LogP contribution >= 0.6 is 0 Å². The van der Waals surface area contributed by atoms with Crippen molar-refractivity contribution >= 4 is 11.6 Å². The molecule has 0 saturated heterocycles. The van der Waals surface area contributed by atoms with Crippen molar-refractivity contribution in [1.29, 1.82) is 0 Å². The fraction of sp³-hybridized carbons (Fsp3) is 0.158. The summed E-state index contributed by atoms with van der Waals surface area (Å²) < 4.78 is 13.2. The van der Waals surface area contributed by atoms with Crippen LogP contribution in [0.4, 0.5) is 5.69 Å². The lowest BCUT2D eigenvalue weighted by atomic mass is 10.2. The van der Waals surface area contributed by atoms with Crippen molar-refractivity contribution in [3.05, 3.63) is 66.4 Å². The Morgan fingerprint density at radius 1 is 1.12 bits per heavy atom. The van der Waals surface area contributed by atoms with Crippen LogP contribution in [0.5, 0.6) is 17.4 Å². The van der Waals surface area contributed by atoms with Crippen molar-refractivity contribution in [3.63, 3.8) is 0 Å². The van der Waals surface area contributed by atoms with Crippen molar-refractivity contribution in [2.75, 3.05) is 11.9 Å². The summed E-state index contributed by atoms with van der Waals surface area (Å²) in [7, 11) is 0. The molecule has 0 aliphatic carbocycles. The van der Waals surface area contributed by atoms with Crippen LogP contribution in [0.3, 0.4) is 0 Å². The number of nitrogens with one attached hydrogen (secondary N) is 1. The average molecular weight is 335 g/mol. The quantitative estimate of drug-likeness (QED) is 0.789. The van der Waals surface area contributed by atoms with Crippen molar-refractivity contribution in [2.24, 2.45) is 0 Å². The van der Waals surface area contributed by atoms with Gasteiger partial charge in [0.05, 0.1) is 18.5 Å². The number of hydrogen-bond acceptors (Lipinski definition) is 4. The molecule has 126 valence electrons. The molecule has 2 heterocycles. The minimum atomic E-state index is -0.271. The number of aromatic nitrogens is 2. The Hall–Kier alpha value is -3.28. The molecule has 0 saturated carbocycles. The number of fused-ring (bicyclic) bond motifs is 1. The number of amides is 1. The van der Waals surface area contributed by atoms with E-state index in [9.17, 15) is 4.79 Å². The predicted molar refractivity (Wildman–Crippen MR) is 93.3 cm³/mol. The average Bonchev–Trinajstić information content (AvgIpc) is 3.08. The lowest BCUT2D eigenvalue weighted by Gasteiger charge is -2.16. The Balaban J connectivity index is 1.57. The minimum absolute atomic E-state index is 0.271. The Labute approximate surface area is 145 Å². The van der Waals surface area contributed by atoms with Gasteiger partial charge < -0.3 is 14.8 Å². The second-order valence-electron chi connectivity index (χ2n) is 5.65. The zero-order valence-corrected chi connectivity index (χ0v) is 13.5. The second kappa shape index (κ2) is 6.68. The molecule has 2 aromatic carbocycles. The third-order valence-corrected chi connectivity index (χ3v) is 3.89. The van der Waals surface area contributed by atoms with Gasteiger partial charge in [0.1, 0.15) is 11.3 Å². The first-order valence-corrected chi connectivity index (χ1v) is 8.13. The van der Waals surface area contributed by atoms with Gasteiger partial charge in [0.2, 0.25) is 5.88 Å². The molecule has 1 amide bonds. The highest BCUT2D eigenvalue weighted by Crippen LogP contribution is 2.30. The number of anilines is 1. The first-order chi connectivity index (χ1) is 12.3. The van der Waals surface area contributed by atoms with Gasteiger partial charge in [-0.2, -0.15) is 5.10 Å². The SMILES string of the molecule is O=C(Nc1ccccc1Oc1ccccc1)c1cnn2c1OCCC2. The Morgan fingerprint density at radius 2 is 1.92 bits per heavy atom. The van der Waals surface area contributed by atoms with Gasteiger partial charge in [-0.25, -0.2) is 4.68 Å². The fourth-order valence-corrected chi connectivity index (χ4v) is 2.69. The molecule has 3 aromatic rings. The summed E-state index contributed by atoms with van der Waals surface area (Å²) in [6.45, 7) is 1.36. The maximum Gasteiger partial charge on any atom is 0.262 e. The first-order valence-electron chi connectivity index (χ1n) is 8.13. The number of hydrogen-bond donors (Lipinski definition) is 1. The van der Waals surface area contributed by atoms with Crippen LogP contribution in [0.1, 0.15) is 16.8 Å². The topological polar surface area (TPSA) is 65.4 Å². The minimum Gasteiger partial charge on any atom is -0.477 e. The van der Waals surface area contributed by atoms with Crippen LogP contribution in [0.25, 0.3) is 0 Å². The summed E-state index contributed by atoms with van der Waals surface area (Å²) in [5.41, 5.74) is 1.02. The molecule has 0 fully saturated rings. The molecule has 0 atom stereocenters. The molecule has 4 rings (SSSR count). The number of carbonyl (C=O) groups excluding carboxylic acids is 1. The van der Waals surface area contributed by atoms with E-state index in [0.29, 0.717) is 35.2 Å². The maximum atomic E-state index is 12.7. The van der Waals surface area contributed by atoms with Crippen LogP contribution < -0.4 is 14.8 Å². The van der Waals surface area contributed by atoms with Crippen LogP contribution in [0.15, 0.2) is 60.8 Å². The Bertz CT molecular complexity index is 890. The molecule has 1 aliphatic rings. The largest absolute Gasteiger partial charge is 0.477 e. The third kappa shape index (κ3) is 3.19. The summed E-state index contributed by atoms with van der Waals surface area (Å²) in [6.07, 6.45) is 2.43. The molecule has 1 aliphatic heterocycles. The van der Waals surface area contributed by atoms with Gasteiger partial charge in [0, 0.05) is 13.0 Å². The van der Waals surface area contributed by atoms with Crippen molar-refractivity contribution in [2.45, 2.75) is 13.0 Å². The van der Waals surface area contributed by atoms with Gasteiger partial charge >= 0.3 is 0 Å². The summed E-state index contributed by atoms with van der Waals surface area (Å²) in [4.78, 5) is 12.7. The number of rotatable bonds is 4. The van der Waals surface area contributed by atoms with Gasteiger partial charge in [-0.05, 0) is 24.3 Å². The summed E-state index contributed by atoms with van der Waals surface area (Å²) in [5, 5.41) is 7.10. The Kier molecular flexibility index (Phi) is 4.08. The normalized spacial score (nSPS) is 12.8. The lowest BCUT2D eigenvalue weighted by molar-refractivity contribution is 0.102. The number of aryl methyl sites for hydroxylation is 1. The van der Waals surface area contributed by atoms with Gasteiger partial charge in [-0.1, -0.05) is 30.3 Å².